The second kappa shape index (κ2) is 6.79. The highest BCUT2D eigenvalue weighted by Gasteiger charge is 2.51. The third-order valence-corrected chi connectivity index (χ3v) is 7.18. The Morgan fingerprint density at radius 1 is 1.00 bits per heavy atom. The third-order valence-electron chi connectivity index (χ3n) is 7.18. The molecule has 3 saturated carbocycles. The van der Waals surface area contributed by atoms with Crippen molar-refractivity contribution in [3.63, 3.8) is 0 Å². The first-order valence-corrected chi connectivity index (χ1v) is 10.2. The molecule has 1 heterocycles. The van der Waals surface area contributed by atoms with Crippen molar-refractivity contribution < 1.29 is 4.39 Å². The maximum Gasteiger partial charge on any atom is 0.166 e. The van der Waals surface area contributed by atoms with Crippen LogP contribution in [0.1, 0.15) is 77.0 Å². The van der Waals surface area contributed by atoms with Gasteiger partial charge in [-0.2, -0.15) is 0 Å². The van der Waals surface area contributed by atoms with Crippen molar-refractivity contribution >= 4 is 0 Å². The highest BCUT2D eigenvalue weighted by Crippen LogP contribution is 2.59. The van der Waals surface area contributed by atoms with Gasteiger partial charge >= 0.3 is 0 Å². The van der Waals surface area contributed by atoms with E-state index in [0.29, 0.717) is 16.8 Å². The Hall–Kier alpha value is -1.71. The normalized spacial score (nSPS) is 27.8. The van der Waals surface area contributed by atoms with E-state index in [2.05, 4.69) is 17.1 Å². The molecular weight excluding hydrogens is 325 g/mol. The molecule has 140 valence electrons. The molecule has 0 unspecified atom stereocenters. The summed E-state index contributed by atoms with van der Waals surface area (Å²) < 4.78 is 16.3. The van der Waals surface area contributed by atoms with E-state index in [0.717, 1.165) is 5.82 Å². The van der Waals surface area contributed by atoms with Crippen LogP contribution in [0.25, 0.3) is 11.4 Å². The number of unbranched alkanes of at least 4 members (excludes halogenated alkanes) is 2. The van der Waals surface area contributed by atoms with Crippen molar-refractivity contribution in [2.45, 2.75) is 76.5 Å². The number of benzene rings is 1. The molecule has 2 aromatic rings. The van der Waals surface area contributed by atoms with E-state index < -0.39 is 0 Å². The minimum atomic E-state index is -0.228. The van der Waals surface area contributed by atoms with Crippen LogP contribution >= 0.6 is 0 Å². The largest absolute Gasteiger partial charge is 0.314 e. The van der Waals surface area contributed by atoms with Gasteiger partial charge in [-0.1, -0.05) is 38.3 Å². The molecular formula is C22H30FN3. The molecule has 1 aromatic carbocycles. The highest BCUT2D eigenvalue weighted by molar-refractivity contribution is 5.56. The number of aromatic nitrogens is 3. The predicted molar refractivity (Wildman–Crippen MR) is 102 cm³/mol. The number of halogens is 1. The average molecular weight is 356 g/mol. The summed E-state index contributed by atoms with van der Waals surface area (Å²) in [5.41, 5.74) is 1.28. The zero-order chi connectivity index (χ0) is 18.2. The summed E-state index contributed by atoms with van der Waals surface area (Å²) in [6, 6.07) is 6.86. The van der Waals surface area contributed by atoms with Gasteiger partial charge in [0, 0.05) is 12.5 Å². The second-order valence-electron chi connectivity index (χ2n) is 8.62. The van der Waals surface area contributed by atoms with E-state index in [4.69, 9.17) is 0 Å². The van der Waals surface area contributed by atoms with Crippen LogP contribution in [-0.2, 0) is 12.5 Å². The molecule has 3 fully saturated rings. The Morgan fingerprint density at radius 2 is 1.69 bits per heavy atom. The highest BCUT2D eigenvalue weighted by atomic mass is 19.1. The topological polar surface area (TPSA) is 30.7 Å². The van der Waals surface area contributed by atoms with Crippen LogP contribution in [-0.4, -0.2) is 14.8 Å². The first-order chi connectivity index (χ1) is 12.6. The zero-order valence-corrected chi connectivity index (χ0v) is 16.1. The fourth-order valence-corrected chi connectivity index (χ4v) is 5.39. The van der Waals surface area contributed by atoms with E-state index in [1.165, 1.54) is 70.3 Å². The molecule has 5 rings (SSSR count). The van der Waals surface area contributed by atoms with Crippen molar-refractivity contribution in [3.8, 4) is 11.4 Å². The van der Waals surface area contributed by atoms with Crippen LogP contribution in [0.4, 0.5) is 4.39 Å². The van der Waals surface area contributed by atoms with E-state index in [1.54, 1.807) is 12.1 Å². The molecule has 3 nitrogen and oxygen atoms in total. The van der Waals surface area contributed by atoms with Crippen molar-refractivity contribution in [2.24, 2.45) is 12.5 Å². The summed E-state index contributed by atoms with van der Waals surface area (Å²) in [7, 11) is 2.00. The lowest BCUT2D eigenvalue weighted by Gasteiger charge is -2.53. The van der Waals surface area contributed by atoms with Gasteiger partial charge in [-0.15, -0.1) is 10.2 Å². The van der Waals surface area contributed by atoms with Crippen molar-refractivity contribution in [1.82, 2.24) is 14.8 Å². The molecule has 0 radical (unpaired) electrons. The Kier molecular flexibility index (Phi) is 4.62. The first kappa shape index (κ1) is 17.7. The number of hydrogen-bond donors (Lipinski definition) is 0. The second-order valence-corrected chi connectivity index (χ2v) is 8.62. The van der Waals surface area contributed by atoms with Gasteiger partial charge in [0.05, 0.1) is 5.56 Å². The van der Waals surface area contributed by atoms with Crippen LogP contribution < -0.4 is 0 Å². The van der Waals surface area contributed by atoms with Crippen molar-refractivity contribution in [2.75, 3.05) is 0 Å². The first-order valence-electron chi connectivity index (χ1n) is 10.2. The minimum absolute atomic E-state index is 0.151. The van der Waals surface area contributed by atoms with Crippen LogP contribution in [0.3, 0.4) is 0 Å². The predicted octanol–water partition coefficient (Wildman–Crippen LogP) is 5.79. The summed E-state index contributed by atoms with van der Waals surface area (Å²) >= 11 is 0. The van der Waals surface area contributed by atoms with E-state index in [1.807, 2.05) is 17.7 Å². The maximum atomic E-state index is 14.2. The molecule has 0 saturated heterocycles. The third kappa shape index (κ3) is 2.87. The summed E-state index contributed by atoms with van der Waals surface area (Å²) in [4.78, 5) is 0. The molecule has 0 amide bonds. The van der Waals surface area contributed by atoms with Gasteiger partial charge in [-0.05, 0) is 62.5 Å². The fraction of sp³-hybridized carbons (Fsp3) is 0.636. The van der Waals surface area contributed by atoms with Crippen LogP contribution in [0.15, 0.2) is 24.3 Å². The van der Waals surface area contributed by atoms with Gasteiger partial charge in [0.2, 0.25) is 0 Å². The molecule has 0 aliphatic heterocycles. The smallest absolute Gasteiger partial charge is 0.166 e. The van der Waals surface area contributed by atoms with Gasteiger partial charge in [0.1, 0.15) is 11.6 Å². The molecule has 3 aliphatic rings. The number of nitrogens with zero attached hydrogens (tertiary/aromatic N) is 3. The average Bonchev–Trinajstić information content (AvgIpc) is 3.06. The number of fused-ring (bicyclic) bond motifs is 3. The molecule has 0 N–H and O–H groups in total. The monoisotopic (exact) mass is 355 g/mol. The molecule has 3 aliphatic carbocycles. The molecule has 2 bridgehead atoms. The molecule has 26 heavy (non-hydrogen) atoms. The SMILES string of the molecule is CCCCCC12CCC(c3nnc(-c4ccccc4F)n3C)(CC1)CC2. The van der Waals surface area contributed by atoms with E-state index >= 15 is 0 Å². The fourth-order valence-electron chi connectivity index (χ4n) is 5.39. The lowest BCUT2D eigenvalue weighted by atomic mass is 9.52. The van der Waals surface area contributed by atoms with Crippen LogP contribution in [0.2, 0.25) is 0 Å². The Bertz CT molecular complexity index is 755. The summed E-state index contributed by atoms with van der Waals surface area (Å²) in [5.74, 6) is 1.49. The standard InChI is InChI=1S/C22H30FN3/c1-3-4-7-10-21-11-14-22(15-12-21,16-13-21)20-25-24-19(26(20)2)17-8-5-6-9-18(17)23/h5-6,8-9H,3-4,7,10-16H2,1-2H3. The zero-order valence-electron chi connectivity index (χ0n) is 16.1. The maximum absolute atomic E-state index is 14.2. The minimum Gasteiger partial charge on any atom is -0.314 e. The number of hydrogen-bond acceptors (Lipinski definition) is 2. The van der Waals surface area contributed by atoms with Gasteiger partial charge in [-0.3, -0.25) is 0 Å². The van der Waals surface area contributed by atoms with Gasteiger partial charge in [0.25, 0.3) is 0 Å². The Morgan fingerprint density at radius 3 is 2.35 bits per heavy atom. The van der Waals surface area contributed by atoms with Crippen molar-refractivity contribution in [1.29, 1.82) is 0 Å². The molecule has 0 spiro atoms. The Balaban J connectivity index is 1.56. The molecule has 1 aromatic heterocycles. The molecule has 4 heteroatoms. The summed E-state index contributed by atoms with van der Waals surface area (Å²) in [5, 5.41) is 8.95. The summed E-state index contributed by atoms with van der Waals surface area (Å²) in [6.07, 6.45) is 13.0. The van der Waals surface area contributed by atoms with Gasteiger partial charge in [0.15, 0.2) is 5.82 Å². The van der Waals surface area contributed by atoms with Gasteiger partial charge < -0.3 is 4.57 Å². The van der Waals surface area contributed by atoms with Crippen LogP contribution in [0, 0.1) is 11.2 Å². The van der Waals surface area contributed by atoms with E-state index in [9.17, 15) is 4.39 Å². The lowest BCUT2D eigenvalue weighted by Crippen LogP contribution is -2.45. The Labute approximate surface area is 156 Å². The van der Waals surface area contributed by atoms with Crippen LogP contribution in [0.5, 0.6) is 0 Å². The quantitative estimate of drug-likeness (QED) is 0.614. The van der Waals surface area contributed by atoms with E-state index in [-0.39, 0.29) is 11.2 Å². The van der Waals surface area contributed by atoms with Crippen molar-refractivity contribution in [3.05, 3.63) is 35.9 Å². The summed E-state index contributed by atoms with van der Waals surface area (Å²) in [6.45, 7) is 2.28. The van der Waals surface area contributed by atoms with Gasteiger partial charge in [-0.25, -0.2) is 4.39 Å². The molecule has 0 atom stereocenters. The number of rotatable bonds is 6. The lowest BCUT2D eigenvalue weighted by molar-refractivity contribution is 0.0250.